The summed E-state index contributed by atoms with van der Waals surface area (Å²) in [6.45, 7) is 4.15. The SMILES string of the molecule is CC(C)c1nc(-c2ccc(F)cc2Cl)ncc1CBr. The molecule has 0 atom stereocenters. The molecule has 0 saturated carbocycles. The summed E-state index contributed by atoms with van der Waals surface area (Å²) >= 11 is 9.47. The largest absolute Gasteiger partial charge is 0.236 e. The second-order valence-electron chi connectivity index (χ2n) is 4.52. The van der Waals surface area contributed by atoms with Gasteiger partial charge < -0.3 is 0 Å². The summed E-state index contributed by atoms with van der Waals surface area (Å²) in [4.78, 5) is 8.86. The third-order valence-electron chi connectivity index (χ3n) is 2.76. The zero-order chi connectivity index (χ0) is 14.0. The molecule has 0 aliphatic heterocycles. The van der Waals surface area contributed by atoms with Crippen LogP contribution in [0.4, 0.5) is 4.39 Å². The van der Waals surface area contributed by atoms with E-state index in [0.29, 0.717) is 21.7 Å². The van der Waals surface area contributed by atoms with Gasteiger partial charge in [0, 0.05) is 22.7 Å². The van der Waals surface area contributed by atoms with Crippen LogP contribution in [0.2, 0.25) is 5.02 Å². The molecule has 5 heteroatoms. The van der Waals surface area contributed by atoms with Gasteiger partial charge in [-0.05, 0) is 24.1 Å². The summed E-state index contributed by atoms with van der Waals surface area (Å²) in [6.07, 6.45) is 1.78. The zero-order valence-electron chi connectivity index (χ0n) is 10.6. The van der Waals surface area contributed by atoms with Crippen molar-refractivity contribution in [1.82, 2.24) is 9.97 Å². The molecule has 2 nitrogen and oxygen atoms in total. The normalized spacial score (nSPS) is 11.1. The van der Waals surface area contributed by atoms with Crippen LogP contribution in [0.1, 0.15) is 31.0 Å². The van der Waals surface area contributed by atoms with Crippen LogP contribution in [0, 0.1) is 5.82 Å². The van der Waals surface area contributed by atoms with Gasteiger partial charge >= 0.3 is 0 Å². The summed E-state index contributed by atoms with van der Waals surface area (Å²) < 4.78 is 13.1. The quantitative estimate of drug-likeness (QED) is 0.737. The van der Waals surface area contributed by atoms with Crippen molar-refractivity contribution in [2.45, 2.75) is 25.1 Å². The fourth-order valence-corrected chi connectivity index (χ4v) is 2.51. The van der Waals surface area contributed by atoms with Crippen LogP contribution < -0.4 is 0 Å². The van der Waals surface area contributed by atoms with Crippen molar-refractivity contribution in [2.75, 3.05) is 0 Å². The van der Waals surface area contributed by atoms with Crippen LogP contribution in [-0.2, 0) is 5.33 Å². The first-order valence-corrected chi connectivity index (χ1v) is 7.40. The standard InChI is InChI=1S/C14H13BrClFN2/c1-8(2)13-9(6-15)7-18-14(19-13)11-4-3-10(17)5-12(11)16/h3-5,7-8H,6H2,1-2H3. The molecule has 0 aliphatic rings. The highest BCUT2D eigenvalue weighted by molar-refractivity contribution is 9.08. The number of hydrogen-bond donors (Lipinski definition) is 0. The molecule has 0 radical (unpaired) electrons. The van der Waals surface area contributed by atoms with E-state index in [4.69, 9.17) is 11.6 Å². The molecule has 0 aliphatic carbocycles. The monoisotopic (exact) mass is 342 g/mol. The number of benzene rings is 1. The van der Waals surface area contributed by atoms with E-state index in [1.54, 1.807) is 12.3 Å². The van der Waals surface area contributed by atoms with Gasteiger partial charge in [0.1, 0.15) is 5.82 Å². The Balaban J connectivity index is 2.54. The molecule has 0 bridgehead atoms. The minimum atomic E-state index is -0.366. The second-order valence-corrected chi connectivity index (χ2v) is 5.48. The Bertz CT molecular complexity index is 602. The summed E-state index contributed by atoms with van der Waals surface area (Å²) in [5.41, 5.74) is 2.67. The van der Waals surface area contributed by atoms with Crippen molar-refractivity contribution in [2.24, 2.45) is 0 Å². The molecular weight excluding hydrogens is 331 g/mol. The van der Waals surface area contributed by atoms with Gasteiger partial charge in [0.2, 0.25) is 0 Å². The van der Waals surface area contributed by atoms with E-state index in [2.05, 4.69) is 39.7 Å². The molecule has 2 aromatic rings. The first-order chi connectivity index (χ1) is 9.02. The maximum absolute atomic E-state index is 13.1. The number of alkyl halides is 1. The van der Waals surface area contributed by atoms with Crippen molar-refractivity contribution < 1.29 is 4.39 Å². The zero-order valence-corrected chi connectivity index (χ0v) is 13.0. The maximum atomic E-state index is 13.1. The van der Waals surface area contributed by atoms with E-state index < -0.39 is 0 Å². The van der Waals surface area contributed by atoms with E-state index in [1.807, 2.05) is 0 Å². The van der Waals surface area contributed by atoms with Gasteiger partial charge in [-0.25, -0.2) is 14.4 Å². The van der Waals surface area contributed by atoms with Crippen molar-refractivity contribution in [3.8, 4) is 11.4 Å². The third-order valence-corrected chi connectivity index (χ3v) is 3.68. The lowest BCUT2D eigenvalue weighted by Gasteiger charge is -2.12. The Kier molecular flexibility index (Phi) is 4.53. The molecule has 0 unspecified atom stereocenters. The predicted molar refractivity (Wildman–Crippen MR) is 79.2 cm³/mol. The second kappa shape index (κ2) is 5.97. The number of aromatic nitrogens is 2. The van der Waals surface area contributed by atoms with Crippen LogP contribution in [0.25, 0.3) is 11.4 Å². The van der Waals surface area contributed by atoms with E-state index >= 15 is 0 Å². The molecule has 2 rings (SSSR count). The van der Waals surface area contributed by atoms with Gasteiger partial charge in [-0.1, -0.05) is 41.4 Å². The van der Waals surface area contributed by atoms with E-state index in [0.717, 1.165) is 11.3 Å². The van der Waals surface area contributed by atoms with Gasteiger partial charge in [-0.15, -0.1) is 0 Å². The van der Waals surface area contributed by atoms with Crippen LogP contribution in [0.15, 0.2) is 24.4 Å². The Morgan fingerprint density at radius 2 is 2.11 bits per heavy atom. The molecule has 1 aromatic carbocycles. The molecule has 19 heavy (non-hydrogen) atoms. The van der Waals surface area contributed by atoms with Gasteiger partial charge in [0.05, 0.1) is 10.7 Å². The van der Waals surface area contributed by atoms with Crippen molar-refractivity contribution in [3.63, 3.8) is 0 Å². The first kappa shape index (κ1) is 14.4. The van der Waals surface area contributed by atoms with Crippen molar-refractivity contribution in [1.29, 1.82) is 0 Å². The number of rotatable bonds is 3. The Morgan fingerprint density at radius 3 is 2.68 bits per heavy atom. The molecular formula is C14H13BrClFN2. The van der Waals surface area contributed by atoms with Gasteiger partial charge in [-0.3, -0.25) is 0 Å². The molecule has 0 N–H and O–H groups in total. The van der Waals surface area contributed by atoms with Crippen molar-refractivity contribution >= 4 is 27.5 Å². The predicted octanol–water partition coefficient (Wildman–Crippen LogP) is 4.95. The van der Waals surface area contributed by atoms with Crippen LogP contribution in [0.5, 0.6) is 0 Å². The molecule has 0 fully saturated rings. The summed E-state index contributed by atoms with van der Waals surface area (Å²) in [7, 11) is 0. The van der Waals surface area contributed by atoms with Crippen molar-refractivity contribution in [3.05, 3.63) is 46.5 Å². The fraction of sp³-hybridized carbons (Fsp3) is 0.286. The molecule has 0 amide bonds. The van der Waals surface area contributed by atoms with Crippen LogP contribution in [0.3, 0.4) is 0 Å². The lowest BCUT2D eigenvalue weighted by Crippen LogP contribution is -2.02. The fourth-order valence-electron chi connectivity index (χ4n) is 1.82. The number of nitrogens with zero attached hydrogens (tertiary/aromatic N) is 2. The molecule has 1 aromatic heterocycles. The van der Waals surface area contributed by atoms with Gasteiger partial charge in [-0.2, -0.15) is 0 Å². The lowest BCUT2D eigenvalue weighted by atomic mass is 10.1. The van der Waals surface area contributed by atoms with Crippen LogP contribution >= 0.6 is 27.5 Å². The number of hydrogen-bond acceptors (Lipinski definition) is 2. The maximum Gasteiger partial charge on any atom is 0.160 e. The third kappa shape index (κ3) is 3.12. The Hall–Kier alpha value is -1.00. The van der Waals surface area contributed by atoms with Crippen LogP contribution in [-0.4, -0.2) is 9.97 Å². The first-order valence-electron chi connectivity index (χ1n) is 5.90. The van der Waals surface area contributed by atoms with Gasteiger partial charge in [0.15, 0.2) is 5.82 Å². The van der Waals surface area contributed by atoms with E-state index in [1.165, 1.54) is 12.1 Å². The van der Waals surface area contributed by atoms with E-state index in [9.17, 15) is 4.39 Å². The molecule has 0 spiro atoms. The highest BCUT2D eigenvalue weighted by Gasteiger charge is 2.13. The average Bonchev–Trinajstić information content (AvgIpc) is 2.38. The topological polar surface area (TPSA) is 25.8 Å². The molecule has 100 valence electrons. The smallest absolute Gasteiger partial charge is 0.160 e. The summed E-state index contributed by atoms with van der Waals surface area (Å²) in [6, 6.07) is 4.23. The van der Waals surface area contributed by atoms with E-state index in [-0.39, 0.29) is 11.7 Å². The average molecular weight is 344 g/mol. The summed E-state index contributed by atoms with van der Waals surface area (Å²) in [5.74, 6) is 0.446. The van der Waals surface area contributed by atoms with Gasteiger partial charge in [0.25, 0.3) is 0 Å². The Morgan fingerprint density at radius 1 is 1.37 bits per heavy atom. The molecule has 1 heterocycles. The Labute approximate surface area is 125 Å². The highest BCUT2D eigenvalue weighted by Crippen LogP contribution is 2.28. The molecule has 0 saturated heterocycles. The minimum Gasteiger partial charge on any atom is -0.236 e. The summed E-state index contributed by atoms with van der Waals surface area (Å²) in [5, 5.41) is 1.03. The lowest BCUT2D eigenvalue weighted by molar-refractivity contribution is 0.628. The minimum absolute atomic E-state index is 0.286. The highest BCUT2D eigenvalue weighted by atomic mass is 79.9. The number of halogens is 3.